The molecule has 4 aromatic rings. The first-order chi connectivity index (χ1) is 15.1. The van der Waals surface area contributed by atoms with E-state index in [1.54, 1.807) is 7.11 Å². The molecule has 0 fully saturated rings. The van der Waals surface area contributed by atoms with Crippen LogP contribution in [0.1, 0.15) is 0 Å². The smallest absolute Gasteiger partial charge is 0.177 e. The van der Waals surface area contributed by atoms with Gasteiger partial charge in [-0.05, 0) is 54.7 Å². The Hall–Kier alpha value is -3.65. The van der Waals surface area contributed by atoms with Crippen LogP contribution in [0.4, 0.5) is 11.4 Å². The van der Waals surface area contributed by atoms with Crippen molar-refractivity contribution in [1.82, 2.24) is 9.97 Å². The maximum Gasteiger partial charge on any atom is 0.177 e. The van der Waals surface area contributed by atoms with Gasteiger partial charge in [0.25, 0.3) is 0 Å². The first kappa shape index (κ1) is 19.3. The van der Waals surface area contributed by atoms with Gasteiger partial charge in [0.1, 0.15) is 19.0 Å². The van der Waals surface area contributed by atoms with Crippen LogP contribution in [0, 0.1) is 0 Å². The zero-order chi connectivity index (χ0) is 21.4. The van der Waals surface area contributed by atoms with E-state index in [1.165, 1.54) is 0 Å². The molecule has 1 aliphatic rings. The van der Waals surface area contributed by atoms with Gasteiger partial charge in [-0.2, -0.15) is 0 Å². The van der Waals surface area contributed by atoms with E-state index in [4.69, 9.17) is 36.4 Å². The van der Waals surface area contributed by atoms with Gasteiger partial charge in [-0.3, -0.25) is 0 Å². The molecule has 1 N–H and O–H groups in total. The van der Waals surface area contributed by atoms with E-state index in [0.29, 0.717) is 29.8 Å². The van der Waals surface area contributed by atoms with Crippen LogP contribution in [0.3, 0.4) is 0 Å². The van der Waals surface area contributed by atoms with Crippen molar-refractivity contribution in [3.8, 4) is 17.2 Å². The fourth-order valence-corrected chi connectivity index (χ4v) is 3.64. The number of hydrogen-bond acceptors (Lipinski definition) is 6. The largest absolute Gasteiger partial charge is 0.497 e. The second-order valence-corrected chi connectivity index (χ2v) is 7.49. The summed E-state index contributed by atoms with van der Waals surface area (Å²) in [6.07, 6.45) is 0. The van der Waals surface area contributed by atoms with Gasteiger partial charge in [0.2, 0.25) is 0 Å². The van der Waals surface area contributed by atoms with Crippen LogP contribution >= 0.6 is 12.2 Å². The number of methoxy groups -OCH3 is 1. The predicted molar refractivity (Wildman–Crippen MR) is 126 cm³/mol. The molecule has 7 nitrogen and oxygen atoms in total. The first-order valence-corrected chi connectivity index (χ1v) is 10.2. The minimum atomic E-state index is 0.534. The Morgan fingerprint density at radius 3 is 2.16 bits per heavy atom. The number of aromatic nitrogens is 2. The third-order valence-electron chi connectivity index (χ3n) is 5.11. The fourth-order valence-electron chi connectivity index (χ4n) is 3.42. The lowest BCUT2D eigenvalue weighted by Gasteiger charge is -2.21. The van der Waals surface area contributed by atoms with Gasteiger partial charge >= 0.3 is 0 Å². The van der Waals surface area contributed by atoms with Crippen molar-refractivity contribution in [2.75, 3.05) is 37.6 Å². The summed E-state index contributed by atoms with van der Waals surface area (Å²) in [6.45, 7) is 1.08. The normalized spacial score (nSPS) is 12.6. The number of nitrogens with zero attached hydrogens (tertiary/aromatic N) is 3. The maximum absolute atomic E-state index is 5.67. The lowest BCUT2D eigenvalue weighted by molar-refractivity contribution is 0.172. The third-order valence-corrected chi connectivity index (χ3v) is 5.49. The number of rotatable bonds is 3. The first-order valence-electron chi connectivity index (χ1n) is 9.81. The number of nitrogens with one attached hydrogen (secondary N) is 1. The van der Waals surface area contributed by atoms with Gasteiger partial charge in [-0.15, -0.1) is 0 Å². The van der Waals surface area contributed by atoms with Gasteiger partial charge in [0.15, 0.2) is 16.6 Å². The van der Waals surface area contributed by atoms with E-state index < -0.39 is 0 Å². The fraction of sp³-hybridized carbons (Fsp3) is 0.174. The van der Waals surface area contributed by atoms with Crippen LogP contribution in [-0.4, -0.2) is 42.5 Å². The SMILES string of the molecule is COc1ccc(N(C)C(=S)Nc2ccc3nc4cc5c(cc4nc3c2)OCCO5)cc1. The Morgan fingerprint density at radius 2 is 1.52 bits per heavy atom. The molecule has 0 aliphatic carbocycles. The quantitative estimate of drug-likeness (QED) is 0.378. The Balaban J connectivity index is 1.41. The lowest BCUT2D eigenvalue weighted by Crippen LogP contribution is -2.30. The van der Waals surface area contributed by atoms with Crippen molar-refractivity contribution in [3.63, 3.8) is 0 Å². The van der Waals surface area contributed by atoms with Gasteiger partial charge in [-0.25, -0.2) is 9.97 Å². The van der Waals surface area contributed by atoms with Gasteiger partial charge in [-0.1, -0.05) is 0 Å². The van der Waals surface area contributed by atoms with E-state index in [-0.39, 0.29) is 0 Å². The van der Waals surface area contributed by atoms with Gasteiger partial charge < -0.3 is 24.4 Å². The molecule has 3 aromatic carbocycles. The second kappa shape index (κ2) is 7.88. The van der Waals surface area contributed by atoms with Crippen molar-refractivity contribution in [3.05, 3.63) is 54.6 Å². The molecule has 8 heteroatoms. The lowest BCUT2D eigenvalue weighted by atomic mass is 10.2. The molecular formula is C23H20N4O3S. The number of ether oxygens (including phenoxy) is 3. The Bertz CT molecular complexity index is 1290. The molecule has 0 bridgehead atoms. The van der Waals surface area contributed by atoms with Gasteiger partial charge in [0.05, 0.1) is 29.2 Å². The molecule has 0 unspecified atom stereocenters. The molecule has 0 atom stereocenters. The molecule has 1 aromatic heterocycles. The van der Waals surface area contributed by atoms with E-state index in [2.05, 4.69) is 5.32 Å². The van der Waals surface area contributed by atoms with Crippen LogP contribution < -0.4 is 24.4 Å². The molecule has 156 valence electrons. The van der Waals surface area contributed by atoms with Crippen molar-refractivity contribution >= 4 is 50.8 Å². The van der Waals surface area contributed by atoms with E-state index in [9.17, 15) is 0 Å². The summed E-state index contributed by atoms with van der Waals surface area (Å²) in [5, 5.41) is 3.84. The molecule has 2 heterocycles. The predicted octanol–water partition coefficient (Wildman–Crippen LogP) is 4.40. The number of thiocarbonyl (C=S) groups is 1. The van der Waals surface area contributed by atoms with E-state index in [0.717, 1.165) is 39.2 Å². The minimum Gasteiger partial charge on any atom is -0.497 e. The van der Waals surface area contributed by atoms with Crippen LogP contribution in [0.15, 0.2) is 54.6 Å². The Kier molecular flexibility index (Phi) is 4.91. The second-order valence-electron chi connectivity index (χ2n) is 7.10. The highest BCUT2D eigenvalue weighted by Crippen LogP contribution is 2.34. The number of hydrogen-bond donors (Lipinski definition) is 1. The number of fused-ring (bicyclic) bond motifs is 3. The summed E-state index contributed by atoms with van der Waals surface area (Å²) in [5.41, 5.74) is 4.88. The number of benzene rings is 3. The topological polar surface area (TPSA) is 68.7 Å². The summed E-state index contributed by atoms with van der Waals surface area (Å²) in [4.78, 5) is 11.4. The van der Waals surface area contributed by atoms with Crippen molar-refractivity contribution in [2.24, 2.45) is 0 Å². The zero-order valence-electron chi connectivity index (χ0n) is 17.1. The van der Waals surface area contributed by atoms with E-state index in [1.807, 2.05) is 66.5 Å². The van der Waals surface area contributed by atoms with Crippen LogP contribution in [0.2, 0.25) is 0 Å². The highest BCUT2D eigenvalue weighted by Gasteiger charge is 2.15. The Morgan fingerprint density at radius 1 is 0.903 bits per heavy atom. The van der Waals surface area contributed by atoms with Crippen LogP contribution in [0.5, 0.6) is 17.2 Å². The molecule has 0 saturated heterocycles. The molecule has 0 amide bonds. The zero-order valence-corrected chi connectivity index (χ0v) is 17.9. The average Bonchev–Trinajstić information content (AvgIpc) is 2.81. The van der Waals surface area contributed by atoms with Crippen molar-refractivity contribution < 1.29 is 14.2 Å². The molecule has 0 spiro atoms. The van der Waals surface area contributed by atoms with Crippen molar-refractivity contribution in [2.45, 2.75) is 0 Å². The molecule has 0 saturated carbocycles. The van der Waals surface area contributed by atoms with E-state index >= 15 is 0 Å². The van der Waals surface area contributed by atoms with Crippen LogP contribution in [0.25, 0.3) is 22.1 Å². The Labute approximate surface area is 184 Å². The summed E-state index contributed by atoms with van der Waals surface area (Å²) in [6, 6.07) is 17.3. The number of anilines is 2. The molecule has 31 heavy (non-hydrogen) atoms. The van der Waals surface area contributed by atoms with Gasteiger partial charge in [0, 0.05) is 30.6 Å². The summed E-state index contributed by atoms with van der Waals surface area (Å²) < 4.78 is 16.5. The highest BCUT2D eigenvalue weighted by atomic mass is 32.1. The van der Waals surface area contributed by atoms with Crippen LogP contribution in [-0.2, 0) is 0 Å². The molecular weight excluding hydrogens is 412 g/mol. The minimum absolute atomic E-state index is 0.534. The molecule has 5 rings (SSSR count). The molecule has 0 radical (unpaired) electrons. The average molecular weight is 433 g/mol. The summed E-state index contributed by atoms with van der Waals surface area (Å²) in [7, 11) is 3.56. The third kappa shape index (κ3) is 3.77. The maximum atomic E-state index is 5.67. The summed E-state index contributed by atoms with van der Waals surface area (Å²) in [5.74, 6) is 2.20. The molecule has 1 aliphatic heterocycles. The summed E-state index contributed by atoms with van der Waals surface area (Å²) >= 11 is 5.59. The monoisotopic (exact) mass is 432 g/mol. The highest BCUT2D eigenvalue weighted by molar-refractivity contribution is 7.80. The van der Waals surface area contributed by atoms with Crippen molar-refractivity contribution in [1.29, 1.82) is 0 Å². The standard InChI is InChI=1S/C23H20N4O3S/c1-27(15-4-6-16(28-2)7-5-15)23(31)24-14-3-8-17-18(11-14)26-20-13-22-21(12-19(20)25-17)29-9-10-30-22/h3-8,11-13H,9-10H2,1-2H3,(H,24,31).